The van der Waals surface area contributed by atoms with Crippen molar-refractivity contribution in [1.29, 1.82) is 0 Å². The van der Waals surface area contributed by atoms with E-state index in [0.29, 0.717) is 12.8 Å². The van der Waals surface area contributed by atoms with Crippen molar-refractivity contribution in [2.24, 2.45) is 0 Å². The van der Waals surface area contributed by atoms with Gasteiger partial charge in [0.05, 0.1) is 13.0 Å². The van der Waals surface area contributed by atoms with Crippen molar-refractivity contribution in [1.82, 2.24) is 5.32 Å². The number of nitrogens with one attached hydrogen (secondary N) is 1. The molecule has 0 aliphatic heterocycles. The maximum Gasteiger partial charge on any atom is 0.305 e. The topological polar surface area (TPSA) is 86.6 Å². The first-order valence-corrected chi connectivity index (χ1v) is 3.64. The van der Waals surface area contributed by atoms with Gasteiger partial charge in [0.1, 0.15) is 11.8 Å². The van der Waals surface area contributed by atoms with Crippen LogP contribution in [0.15, 0.2) is 0 Å². The predicted octanol–water partition coefficient (Wildman–Crippen LogP) is -0.999. The zero-order valence-electron chi connectivity index (χ0n) is 6.91. The molecule has 1 atom stereocenters. The standard InChI is InChI=1S/C7H13NO4/c1-2-8-7(4-9,5-10)3-6(11)12/h4,8,10H,2-3,5H2,1H3,(H,11,12). The highest BCUT2D eigenvalue weighted by Gasteiger charge is 2.30. The van der Waals surface area contributed by atoms with Gasteiger partial charge in [-0.15, -0.1) is 0 Å². The van der Waals surface area contributed by atoms with E-state index in [4.69, 9.17) is 10.2 Å². The maximum atomic E-state index is 10.5. The predicted molar refractivity (Wildman–Crippen MR) is 41.8 cm³/mol. The molecule has 0 radical (unpaired) electrons. The fourth-order valence-corrected chi connectivity index (χ4v) is 0.917. The summed E-state index contributed by atoms with van der Waals surface area (Å²) in [6.07, 6.45) is 0.0332. The van der Waals surface area contributed by atoms with Crippen molar-refractivity contribution in [2.45, 2.75) is 18.9 Å². The third kappa shape index (κ3) is 2.98. The number of aldehydes is 1. The van der Waals surface area contributed by atoms with Crippen LogP contribution in [0.1, 0.15) is 13.3 Å². The number of aliphatic hydroxyl groups excluding tert-OH is 1. The van der Waals surface area contributed by atoms with Gasteiger partial charge < -0.3 is 20.3 Å². The second-order valence-corrected chi connectivity index (χ2v) is 2.53. The van der Waals surface area contributed by atoms with Crippen LogP contribution < -0.4 is 5.32 Å². The minimum absolute atomic E-state index is 0.402. The molecule has 0 heterocycles. The Morgan fingerprint density at radius 3 is 2.50 bits per heavy atom. The van der Waals surface area contributed by atoms with E-state index in [0.717, 1.165) is 0 Å². The summed E-state index contributed by atoms with van der Waals surface area (Å²) in [4.78, 5) is 20.8. The highest BCUT2D eigenvalue weighted by molar-refractivity contribution is 5.77. The zero-order valence-corrected chi connectivity index (χ0v) is 6.91. The molecule has 0 aromatic carbocycles. The highest BCUT2D eigenvalue weighted by atomic mass is 16.4. The maximum absolute atomic E-state index is 10.5. The average Bonchev–Trinajstić information content (AvgIpc) is 2.03. The molecule has 5 heteroatoms. The van der Waals surface area contributed by atoms with Gasteiger partial charge in [-0.25, -0.2) is 0 Å². The summed E-state index contributed by atoms with van der Waals surface area (Å²) in [6.45, 7) is 1.67. The van der Waals surface area contributed by atoms with Crippen LogP contribution in [0.3, 0.4) is 0 Å². The Morgan fingerprint density at radius 2 is 2.25 bits per heavy atom. The van der Waals surface area contributed by atoms with E-state index in [2.05, 4.69) is 5.32 Å². The summed E-state index contributed by atoms with van der Waals surface area (Å²) in [6, 6.07) is 0. The van der Waals surface area contributed by atoms with Crippen LogP contribution in [-0.2, 0) is 9.59 Å². The van der Waals surface area contributed by atoms with Crippen LogP contribution in [0.5, 0.6) is 0 Å². The lowest BCUT2D eigenvalue weighted by atomic mass is 9.98. The quantitative estimate of drug-likeness (QED) is 0.451. The van der Waals surface area contributed by atoms with E-state index in [1.807, 2.05) is 0 Å². The average molecular weight is 175 g/mol. The molecule has 0 aliphatic carbocycles. The molecule has 0 aromatic rings. The summed E-state index contributed by atoms with van der Waals surface area (Å²) < 4.78 is 0. The normalized spacial score (nSPS) is 15.2. The van der Waals surface area contributed by atoms with Crippen LogP contribution in [0, 0.1) is 0 Å². The van der Waals surface area contributed by atoms with Gasteiger partial charge in [0, 0.05) is 0 Å². The van der Waals surface area contributed by atoms with Crippen molar-refractivity contribution in [3.63, 3.8) is 0 Å². The lowest BCUT2D eigenvalue weighted by Crippen LogP contribution is -2.51. The molecule has 0 spiro atoms. The molecule has 1 unspecified atom stereocenters. The number of aliphatic hydroxyl groups is 1. The van der Waals surface area contributed by atoms with Crippen molar-refractivity contribution in [3.05, 3.63) is 0 Å². The molecule has 0 aliphatic rings. The number of carbonyl (C=O) groups is 2. The molecule has 0 saturated carbocycles. The molecule has 0 amide bonds. The third-order valence-electron chi connectivity index (χ3n) is 1.50. The first-order valence-electron chi connectivity index (χ1n) is 3.64. The molecule has 0 bridgehead atoms. The van der Waals surface area contributed by atoms with E-state index < -0.39 is 24.5 Å². The Labute approximate surface area is 70.4 Å². The molecule has 12 heavy (non-hydrogen) atoms. The molecule has 0 rings (SSSR count). The largest absolute Gasteiger partial charge is 0.481 e. The number of carboxylic acid groups (broad SMARTS) is 1. The van der Waals surface area contributed by atoms with E-state index in [-0.39, 0.29) is 0 Å². The van der Waals surface area contributed by atoms with Gasteiger partial charge in [0.2, 0.25) is 0 Å². The van der Waals surface area contributed by atoms with Crippen molar-refractivity contribution in [2.75, 3.05) is 13.2 Å². The van der Waals surface area contributed by atoms with E-state index in [9.17, 15) is 9.59 Å². The second kappa shape index (κ2) is 4.84. The third-order valence-corrected chi connectivity index (χ3v) is 1.50. The summed E-state index contributed by atoms with van der Waals surface area (Å²) in [5.41, 5.74) is -1.32. The number of hydrogen-bond acceptors (Lipinski definition) is 4. The number of hydrogen-bond donors (Lipinski definition) is 3. The summed E-state index contributed by atoms with van der Waals surface area (Å²) in [5.74, 6) is -1.11. The van der Waals surface area contributed by atoms with Crippen LogP contribution in [0.2, 0.25) is 0 Å². The molecule has 0 fully saturated rings. The first kappa shape index (κ1) is 11.1. The Balaban J connectivity index is 4.33. The Bertz CT molecular complexity index is 171. The monoisotopic (exact) mass is 175 g/mol. The van der Waals surface area contributed by atoms with Gasteiger partial charge >= 0.3 is 5.97 Å². The molecule has 0 saturated heterocycles. The first-order chi connectivity index (χ1) is 5.60. The number of aliphatic carboxylic acids is 1. The van der Waals surface area contributed by atoms with E-state index in [1.165, 1.54) is 0 Å². The van der Waals surface area contributed by atoms with Crippen molar-refractivity contribution >= 4 is 12.3 Å². The number of carboxylic acids is 1. The molecule has 70 valence electrons. The van der Waals surface area contributed by atoms with Gasteiger partial charge in [-0.05, 0) is 6.54 Å². The van der Waals surface area contributed by atoms with E-state index in [1.54, 1.807) is 6.92 Å². The lowest BCUT2D eigenvalue weighted by molar-refractivity contribution is -0.141. The summed E-state index contributed by atoms with van der Waals surface area (Å²) in [5, 5.41) is 19.9. The van der Waals surface area contributed by atoms with Crippen molar-refractivity contribution in [3.8, 4) is 0 Å². The zero-order chi connectivity index (χ0) is 9.61. The SMILES string of the molecule is CCNC(C=O)(CO)CC(=O)O. The summed E-state index contributed by atoms with van der Waals surface area (Å²) in [7, 11) is 0. The second-order valence-electron chi connectivity index (χ2n) is 2.53. The minimum Gasteiger partial charge on any atom is -0.481 e. The Hall–Kier alpha value is -0.940. The van der Waals surface area contributed by atoms with Gasteiger partial charge in [-0.1, -0.05) is 6.92 Å². The number of carbonyl (C=O) groups excluding carboxylic acids is 1. The fourth-order valence-electron chi connectivity index (χ4n) is 0.917. The Morgan fingerprint density at radius 1 is 1.67 bits per heavy atom. The van der Waals surface area contributed by atoms with Gasteiger partial charge in [0.15, 0.2) is 0 Å². The number of rotatable bonds is 6. The molecule has 5 nitrogen and oxygen atoms in total. The van der Waals surface area contributed by atoms with Crippen LogP contribution >= 0.6 is 0 Å². The summed E-state index contributed by atoms with van der Waals surface area (Å²) >= 11 is 0. The fraction of sp³-hybridized carbons (Fsp3) is 0.714. The van der Waals surface area contributed by atoms with Crippen molar-refractivity contribution < 1.29 is 19.8 Å². The van der Waals surface area contributed by atoms with Gasteiger partial charge in [-0.3, -0.25) is 4.79 Å². The lowest BCUT2D eigenvalue weighted by Gasteiger charge is -2.24. The van der Waals surface area contributed by atoms with Crippen LogP contribution in [-0.4, -0.2) is 41.2 Å². The molecule has 3 N–H and O–H groups in total. The van der Waals surface area contributed by atoms with Crippen LogP contribution in [0.25, 0.3) is 0 Å². The molecular formula is C7H13NO4. The van der Waals surface area contributed by atoms with E-state index >= 15 is 0 Å². The number of likely N-dealkylation sites (N-methyl/N-ethyl adjacent to an activating group) is 1. The molecular weight excluding hydrogens is 162 g/mol. The molecule has 0 aromatic heterocycles. The smallest absolute Gasteiger partial charge is 0.305 e. The Kier molecular flexibility index (Phi) is 4.46. The van der Waals surface area contributed by atoms with Gasteiger partial charge in [0.25, 0.3) is 0 Å². The van der Waals surface area contributed by atoms with Crippen LogP contribution in [0.4, 0.5) is 0 Å². The highest BCUT2D eigenvalue weighted by Crippen LogP contribution is 2.05. The van der Waals surface area contributed by atoms with Gasteiger partial charge in [-0.2, -0.15) is 0 Å². The minimum atomic E-state index is -1.32.